The van der Waals surface area contributed by atoms with E-state index in [9.17, 15) is 9.90 Å². The molecule has 100 valence electrons. The van der Waals surface area contributed by atoms with Crippen LogP contribution in [0.2, 0.25) is 0 Å². The van der Waals surface area contributed by atoms with Crippen LogP contribution < -0.4 is 16.4 Å². The summed E-state index contributed by atoms with van der Waals surface area (Å²) in [6, 6.07) is 1.80. The minimum Gasteiger partial charge on any atom is -0.397 e. The van der Waals surface area contributed by atoms with Crippen LogP contribution in [0.1, 0.15) is 35.9 Å². The molecule has 2 heterocycles. The Morgan fingerprint density at radius 1 is 1.50 bits per heavy atom. The molecule has 18 heavy (non-hydrogen) atoms. The van der Waals surface area contributed by atoms with Gasteiger partial charge in [-0.05, 0) is 32.3 Å². The van der Waals surface area contributed by atoms with E-state index in [0.717, 1.165) is 37.4 Å². The molecule has 1 aliphatic rings. The van der Waals surface area contributed by atoms with Crippen molar-refractivity contribution in [2.45, 2.75) is 31.8 Å². The first-order valence-corrected chi connectivity index (χ1v) is 6.87. The van der Waals surface area contributed by atoms with Crippen molar-refractivity contribution in [3.8, 4) is 0 Å². The molecule has 1 aromatic heterocycles. The maximum atomic E-state index is 11.2. The van der Waals surface area contributed by atoms with Gasteiger partial charge in [-0.2, -0.15) is 0 Å². The van der Waals surface area contributed by atoms with E-state index < -0.39 is 11.5 Å². The number of rotatable bonds is 2. The highest BCUT2D eigenvalue weighted by Gasteiger charge is 2.26. The highest BCUT2D eigenvalue weighted by molar-refractivity contribution is 7.18. The fourth-order valence-electron chi connectivity index (χ4n) is 2.22. The molecule has 0 aromatic carbocycles. The smallest absolute Gasteiger partial charge is 0.260 e. The summed E-state index contributed by atoms with van der Waals surface area (Å²) in [5, 5.41) is 11.0. The third kappa shape index (κ3) is 2.76. The molecule has 1 saturated heterocycles. The number of nitrogens with zero attached hydrogens (tertiary/aromatic N) is 1. The van der Waals surface area contributed by atoms with E-state index in [-0.39, 0.29) is 0 Å². The predicted molar refractivity (Wildman–Crippen MR) is 73.9 cm³/mol. The van der Waals surface area contributed by atoms with Crippen molar-refractivity contribution in [2.24, 2.45) is 5.73 Å². The van der Waals surface area contributed by atoms with E-state index in [2.05, 4.69) is 4.90 Å². The lowest BCUT2D eigenvalue weighted by Gasteiger charge is -2.22. The molecule has 0 aliphatic carbocycles. The highest BCUT2D eigenvalue weighted by atomic mass is 32.1. The summed E-state index contributed by atoms with van der Waals surface area (Å²) in [5.41, 5.74) is 10.9. The van der Waals surface area contributed by atoms with Gasteiger partial charge in [-0.1, -0.05) is 0 Å². The van der Waals surface area contributed by atoms with Gasteiger partial charge in [0.25, 0.3) is 5.91 Å². The van der Waals surface area contributed by atoms with Gasteiger partial charge in [-0.3, -0.25) is 4.79 Å². The Morgan fingerprint density at radius 2 is 2.22 bits per heavy atom. The topological polar surface area (TPSA) is 92.6 Å². The number of nitrogens with two attached hydrogens (primary N) is 2. The van der Waals surface area contributed by atoms with Crippen molar-refractivity contribution in [3.05, 3.63) is 10.9 Å². The molecule has 0 spiro atoms. The summed E-state index contributed by atoms with van der Waals surface area (Å²) in [5.74, 6) is -0.481. The van der Waals surface area contributed by atoms with Crippen LogP contribution in [-0.2, 0) is 0 Å². The predicted octanol–water partition coefficient (Wildman–Crippen LogP) is 1.17. The molecular weight excluding hydrogens is 250 g/mol. The number of primary amides is 1. The average molecular weight is 269 g/mol. The first-order valence-electron chi connectivity index (χ1n) is 6.05. The quantitative estimate of drug-likeness (QED) is 0.751. The van der Waals surface area contributed by atoms with Gasteiger partial charge in [0.05, 0.1) is 16.3 Å². The van der Waals surface area contributed by atoms with Gasteiger partial charge in [0.15, 0.2) is 0 Å². The van der Waals surface area contributed by atoms with Crippen molar-refractivity contribution >= 4 is 27.9 Å². The lowest BCUT2D eigenvalue weighted by Crippen LogP contribution is -2.27. The molecule has 5 N–H and O–H groups in total. The molecule has 6 heteroatoms. The molecule has 0 radical (unpaired) electrons. The van der Waals surface area contributed by atoms with Crippen LogP contribution in [0.15, 0.2) is 6.07 Å². The van der Waals surface area contributed by atoms with Crippen molar-refractivity contribution in [1.82, 2.24) is 0 Å². The lowest BCUT2D eigenvalue weighted by molar-refractivity contribution is 0.0481. The SMILES string of the molecule is CC1(O)CCCN(c2cc(N)c(C(N)=O)s2)CC1. The standard InChI is InChI=1S/C12H19N3O2S/c1-12(17)3-2-5-15(6-4-12)9-7-8(13)10(18-9)11(14)16/h7,17H,2-6,13H2,1H3,(H2,14,16). The summed E-state index contributed by atoms with van der Waals surface area (Å²) in [6.45, 7) is 3.51. The Balaban J connectivity index is 2.17. The highest BCUT2D eigenvalue weighted by Crippen LogP contribution is 2.34. The number of amides is 1. The van der Waals surface area contributed by atoms with Gasteiger partial charge in [0, 0.05) is 13.1 Å². The molecular formula is C12H19N3O2S. The number of thiophene rings is 1. The second-order valence-electron chi connectivity index (χ2n) is 5.07. The monoisotopic (exact) mass is 269 g/mol. The lowest BCUT2D eigenvalue weighted by atomic mass is 9.98. The number of nitrogen functional groups attached to an aromatic ring is 1. The largest absolute Gasteiger partial charge is 0.397 e. The number of carbonyl (C=O) groups excluding carboxylic acids is 1. The fraction of sp³-hybridized carbons (Fsp3) is 0.583. The summed E-state index contributed by atoms with van der Waals surface area (Å²) >= 11 is 1.33. The number of carbonyl (C=O) groups is 1. The van der Waals surface area contributed by atoms with Crippen LogP contribution in [0, 0.1) is 0 Å². The van der Waals surface area contributed by atoms with E-state index in [4.69, 9.17) is 11.5 Å². The van der Waals surface area contributed by atoms with E-state index in [1.807, 2.05) is 6.92 Å². The van der Waals surface area contributed by atoms with Crippen molar-refractivity contribution in [2.75, 3.05) is 23.7 Å². The van der Waals surface area contributed by atoms with Crippen LogP contribution >= 0.6 is 11.3 Å². The van der Waals surface area contributed by atoms with Gasteiger partial charge in [0.1, 0.15) is 4.88 Å². The molecule has 5 nitrogen and oxygen atoms in total. The third-order valence-corrected chi connectivity index (χ3v) is 4.57. The van der Waals surface area contributed by atoms with E-state index >= 15 is 0 Å². The zero-order valence-electron chi connectivity index (χ0n) is 10.5. The zero-order chi connectivity index (χ0) is 13.3. The number of aliphatic hydroxyl groups is 1. The summed E-state index contributed by atoms with van der Waals surface area (Å²) in [4.78, 5) is 13.8. The van der Waals surface area contributed by atoms with Gasteiger partial charge < -0.3 is 21.5 Å². The molecule has 0 bridgehead atoms. The zero-order valence-corrected chi connectivity index (χ0v) is 11.3. The van der Waals surface area contributed by atoms with Crippen LogP contribution in [0.3, 0.4) is 0 Å². The molecule has 1 atom stereocenters. The summed E-state index contributed by atoms with van der Waals surface area (Å²) in [7, 11) is 0. The Morgan fingerprint density at radius 3 is 2.83 bits per heavy atom. The van der Waals surface area contributed by atoms with Crippen LogP contribution in [0.4, 0.5) is 10.7 Å². The number of hydrogen-bond acceptors (Lipinski definition) is 5. The van der Waals surface area contributed by atoms with E-state index in [0.29, 0.717) is 10.6 Å². The van der Waals surface area contributed by atoms with Gasteiger partial charge >= 0.3 is 0 Å². The maximum Gasteiger partial charge on any atom is 0.260 e. The second kappa shape index (κ2) is 4.78. The molecule has 1 fully saturated rings. The Bertz CT molecular complexity index is 456. The second-order valence-corrected chi connectivity index (χ2v) is 6.10. The normalized spacial score (nSPS) is 24.9. The molecule has 1 aromatic rings. The first kappa shape index (κ1) is 13.2. The van der Waals surface area contributed by atoms with Crippen molar-refractivity contribution in [3.63, 3.8) is 0 Å². The van der Waals surface area contributed by atoms with Crippen LogP contribution in [0.5, 0.6) is 0 Å². The summed E-state index contributed by atoms with van der Waals surface area (Å²) < 4.78 is 0. The number of hydrogen-bond donors (Lipinski definition) is 3. The average Bonchev–Trinajstić information content (AvgIpc) is 2.55. The molecule has 0 saturated carbocycles. The molecule has 1 unspecified atom stereocenters. The Kier molecular flexibility index (Phi) is 3.49. The van der Waals surface area contributed by atoms with Crippen molar-refractivity contribution in [1.29, 1.82) is 0 Å². The molecule has 2 rings (SSSR count). The minimum atomic E-state index is -0.593. The van der Waals surface area contributed by atoms with Gasteiger partial charge in [0.2, 0.25) is 0 Å². The van der Waals surface area contributed by atoms with Crippen LogP contribution in [0.25, 0.3) is 0 Å². The van der Waals surface area contributed by atoms with E-state index in [1.165, 1.54) is 11.3 Å². The van der Waals surface area contributed by atoms with Gasteiger partial charge in [-0.15, -0.1) is 11.3 Å². The Labute approximate surface area is 110 Å². The summed E-state index contributed by atoms with van der Waals surface area (Å²) in [6.07, 6.45) is 2.44. The third-order valence-electron chi connectivity index (χ3n) is 3.35. The maximum absolute atomic E-state index is 11.2. The van der Waals surface area contributed by atoms with Crippen molar-refractivity contribution < 1.29 is 9.90 Å². The van der Waals surface area contributed by atoms with Crippen LogP contribution in [-0.4, -0.2) is 29.7 Å². The number of anilines is 2. The van der Waals surface area contributed by atoms with E-state index in [1.54, 1.807) is 6.07 Å². The first-order chi connectivity index (χ1) is 8.39. The molecule has 1 aliphatic heterocycles. The fourth-order valence-corrected chi connectivity index (χ4v) is 3.21. The minimum absolute atomic E-state index is 0.418. The van der Waals surface area contributed by atoms with Gasteiger partial charge in [-0.25, -0.2) is 0 Å². The molecule has 1 amide bonds. The Hall–Kier alpha value is -1.27.